The zero-order valence-corrected chi connectivity index (χ0v) is 29.2. The van der Waals surface area contributed by atoms with E-state index in [9.17, 15) is 0 Å². The van der Waals surface area contributed by atoms with Crippen LogP contribution in [0.25, 0.3) is 78.4 Å². The summed E-state index contributed by atoms with van der Waals surface area (Å²) in [6, 6.07) is 56.1. The van der Waals surface area contributed by atoms with Gasteiger partial charge in [-0.3, -0.25) is 0 Å². The van der Waals surface area contributed by atoms with Crippen LogP contribution >= 0.6 is 0 Å². The van der Waals surface area contributed by atoms with E-state index >= 15 is 0 Å². The molecule has 5 nitrogen and oxygen atoms in total. The molecule has 0 saturated heterocycles. The molecule has 7 aromatic carbocycles. The second kappa shape index (κ2) is 12.1. The molecule has 10 rings (SSSR count). The fraction of sp³-hybridized carbons (Fsp3) is 0.0625. The monoisotopic (exact) mass is 683 g/mol. The van der Waals surface area contributed by atoms with Crippen LogP contribution in [0.15, 0.2) is 168 Å². The van der Waals surface area contributed by atoms with Gasteiger partial charge in [0.25, 0.3) is 0 Å². The number of furan rings is 1. The number of hydrogen-bond acceptors (Lipinski definition) is 5. The first-order chi connectivity index (χ1) is 26.0. The zero-order valence-electron chi connectivity index (χ0n) is 29.2. The Bertz CT molecular complexity index is 2840. The van der Waals surface area contributed by atoms with E-state index in [0.29, 0.717) is 17.5 Å². The Kier molecular flexibility index (Phi) is 7.08. The summed E-state index contributed by atoms with van der Waals surface area (Å²) in [4.78, 5) is 15.0. The number of benzene rings is 7. The van der Waals surface area contributed by atoms with Crippen LogP contribution in [0.1, 0.15) is 25.0 Å². The molecular formula is C48H33N3O2. The van der Waals surface area contributed by atoms with E-state index in [1.54, 1.807) is 0 Å². The molecule has 0 N–H and O–H groups in total. The van der Waals surface area contributed by atoms with Gasteiger partial charge in [-0.25, -0.2) is 15.0 Å². The second-order valence-electron chi connectivity index (χ2n) is 14.0. The third kappa shape index (κ3) is 5.28. The highest BCUT2D eigenvalue weighted by atomic mass is 16.5. The fourth-order valence-electron chi connectivity index (χ4n) is 7.73. The minimum atomic E-state index is -0.242. The van der Waals surface area contributed by atoms with E-state index in [1.807, 2.05) is 54.6 Å². The van der Waals surface area contributed by atoms with Gasteiger partial charge in [0.15, 0.2) is 17.5 Å². The Labute approximate surface area is 307 Å². The van der Waals surface area contributed by atoms with E-state index in [4.69, 9.17) is 24.1 Å². The molecule has 2 aromatic heterocycles. The summed E-state index contributed by atoms with van der Waals surface area (Å²) >= 11 is 0. The molecule has 0 amide bonds. The SMILES string of the molecule is CC1(C)c2ccccc2Oc2cccc(-c3ccc4oc5cc(-c6nc(-c7ccccc7)nc(-c7cccc(-c8ccccc8)c7)n6)ccc5c4c3)c21. The second-order valence-corrected chi connectivity index (χ2v) is 14.0. The molecule has 3 heterocycles. The van der Waals surface area contributed by atoms with Crippen molar-refractivity contribution in [3.63, 3.8) is 0 Å². The first kappa shape index (κ1) is 30.9. The number of nitrogens with zero attached hydrogens (tertiary/aromatic N) is 3. The summed E-state index contributed by atoms with van der Waals surface area (Å²) in [5.74, 6) is 3.62. The van der Waals surface area contributed by atoms with Gasteiger partial charge in [0, 0.05) is 44.0 Å². The van der Waals surface area contributed by atoms with Gasteiger partial charge >= 0.3 is 0 Å². The number of para-hydroxylation sites is 1. The maximum absolute atomic E-state index is 6.50. The molecule has 0 unspecified atom stereocenters. The maximum atomic E-state index is 6.50. The van der Waals surface area contributed by atoms with E-state index < -0.39 is 0 Å². The van der Waals surface area contributed by atoms with Crippen molar-refractivity contribution in [3.8, 4) is 67.9 Å². The van der Waals surface area contributed by atoms with Gasteiger partial charge in [-0.05, 0) is 64.7 Å². The molecule has 0 spiro atoms. The largest absolute Gasteiger partial charge is 0.457 e. The van der Waals surface area contributed by atoms with Crippen LogP contribution in [-0.2, 0) is 5.41 Å². The average molecular weight is 684 g/mol. The predicted octanol–water partition coefficient (Wildman–Crippen LogP) is 12.5. The Balaban J connectivity index is 1.07. The van der Waals surface area contributed by atoms with Gasteiger partial charge < -0.3 is 9.15 Å². The third-order valence-electron chi connectivity index (χ3n) is 10.4. The van der Waals surface area contributed by atoms with E-state index in [0.717, 1.165) is 72.4 Å². The summed E-state index contributed by atoms with van der Waals surface area (Å²) < 4.78 is 12.9. The van der Waals surface area contributed by atoms with E-state index in [-0.39, 0.29) is 5.41 Å². The van der Waals surface area contributed by atoms with Crippen molar-refractivity contribution in [2.45, 2.75) is 19.3 Å². The molecule has 0 atom stereocenters. The summed E-state index contributed by atoms with van der Waals surface area (Å²) in [5.41, 5.74) is 10.9. The van der Waals surface area contributed by atoms with Crippen molar-refractivity contribution in [2.75, 3.05) is 0 Å². The molecular weight excluding hydrogens is 651 g/mol. The highest BCUT2D eigenvalue weighted by molar-refractivity contribution is 6.07. The first-order valence-electron chi connectivity index (χ1n) is 17.8. The summed E-state index contributed by atoms with van der Waals surface area (Å²) in [5, 5.41) is 2.08. The van der Waals surface area contributed by atoms with Crippen LogP contribution in [-0.4, -0.2) is 15.0 Å². The topological polar surface area (TPSA) is 61.0 Å². The van der Waals surface area contributed by atoms with Gasteiger partial charge in [0.1, 0.15) is 22.7 Å². The normalized spacial score (nSPS) is 13.0. The van der Waals surface area contributed by atoms with E-state index in [2.05, 4.69) is 123 Å². The Morgan fingerprint density at radius 2 is 1.02 bits per heavy atom. The minimum Gasteiger partial charge on any atom is -0.457 e. The number of ether oxygens (including phenoxy) is 1. The molecule has 1 aliphatic heterocycles. The van der Waals surface area contributed by atoms with E-state index in [1.165, 1.54) is 11.1 Å². The van der Waals surface area contributed by atoms with Gasteiger partial charge in [-0.2, -0.15) is 0 Å². The molecule has 9 aromatic rings. The van der Waals surface area contributed by atoms with Gasteiger partial charge in [-0.15, -0.1) is 0 Å². The van der Waals surface area contributed by atoms with Crippen molar-refractivity contribution in [2.24, 2.45) is 0 Å². The average Bonchev–Trinajstić information content (AvgIpc) is 3.58. The van der Waals surface area contributed by atoms with Gasteiger partial charge in [0.2, 0.25) is 0 Å². The third-order valence-corrected chi connectivity index (χ3v) is 10.4. The molecule has 0 radical (unpaired) electrons. The van der Waals surface area contributed by atoms with Crippen LogP contribution in [0.3, 0.4) is 0 Å². The van der Waals surface area contributed by atoms with Crippen molar-refractivity contribution in [1.82, 2.24) is 15.0 Å². The van der Waals surface area contributed by atoms with Crippen LogP contribution in [0.2, 0.25) is 0 Å². The molecule has 0 saturated carbocycles. The van der Waals surface area contributed by atoms with Crippen molar-refractivity contribution in [1.29, 1.82) is 0 Å². The molecule has 0 bridgehead atoms. The number of fused-ring (bicyclic) bond motifs is 5. The smallest absolute Gasteiger partial charge is 0.164 e. The lowest BCUT2D eigenvalue weighted by molar-refractivity contribution is 0.419. The van der Waals surface area contributed by atoms with Crippen molar-refractivity contribution >= 4 is 21.9 Å². The quantitative estimate of drug-likeness (QED) is 0.181. The molecule has 0 aliphatic carbocycles. The van der Waals surface area contributed by atoms with Crippen LogP contribution < -0.4 is 4.74 Å². The lowest BCUT2D eigenvalue weighted by atomic mass is 9.73. The summed E-state index contributed by atoms with van der Waals surface area (Å²) in [6.07, 6.45) is 0. The van der Waals surface area contributed by atoms with Crippen LogP contribution in [0.4, 0.5) is 0 Å². The van der Waals surface area contributed by atoms with Crippen LogP contribution in [0.5, 0.6) is 11.5 Å². The number of hydrogen-bond donors (Lipinski definition) is 0. The zero-order chi connectivity index (χ0) is 35.5. The molecule has 53 heavy (non-hydrogen) atoms. The highest BCUT2D eigenvalue weighted by Gasteiger charge is 2.36. The first-order valence-corrected chi connectivity index (χ1v) is 17.8. The Hall–Kier alpha value is -6.85. The lowest BCUT2D eigenvalue weighted by Gasteiger charge is -2.36. The molecule has 252 valence electrons. The highest BCUT2D eigenvalue weighted by Crippen LogP contribution is 2.51. The Morgan fingerprint density at radius 1 is 0.415 bits per heavy atom. The van der Waals surface area contributed by atoms with Gasteiger partial charge in [-0.1, -0.05) is 135 Å². The predicted molar refractivity (Wildman–Crippen MR) is 213 cm³/mol. The number of aromatic nitrogens is 3. The van der Waals surface area contributed by atoms with Gasteiger partial charge in [0.05, 0.1) is 0 Å². The Morgan fingerprint density at radius 3 is 1.81 bits per heavy atom. The standard InChI is InChI=1S/C48H33N3O2/c1-48(2)39-20-9-10-21-41(39)53-42-22-12-19-36(44(42)48)33-24-26-40-38(28-33)37-25-23-35(29-43(37)52-40)47-50-45(31-15-7-4-8-16-31)49-46(51-47)34-18-11-17-32(27-34)30-13-5-3-6-14-30/h3-29H,1-2H3. The van der Waals surface area contributed by atoms with Crippen molar-refractivity contribution < 1.29 is 9.15 Å². The fourth-order valence-corrected chi connectivity index (χ4v) is 7.73. The number of rotatable bonds is 5. The maximum Gasteiger partial charge on any atom is 0.164 e. The molecule has 5 heteroatoms. The summed E-state index contributed by atoms with van der Waals surface area (Å²) in [6.45, 7) is 4.56. The minimum absolute atomic E-state index is 0.242. The molecule has 0 fully saturated rings. The van der Waals surface area contributed by atoms with Crippen LogP contribution in [0, 0.1) is 0 Å². The summed E-state index contributed by atoms with van der Waals surface area (Å²) in [7, 11) is 0. The lowest BCUT2D eigenvalue weighted by Crippen LogP contribution is -2.25. The molecule has 1 aliphatic rings. The van der Waals surface area contributed by atoms with Crippen molar-refractivity contribution in [3.05, 3.63) is 175 Å².